The van der Waals surface area contributed by atoms with Crippen LogP contribution in [-0.4, -0.2) is 44.7 Å². The SMILES string of the molecule is CC.CCCCN(CCC)CCC(C)CC.C\C=C/C(=C\C=C\CC)c1c(OC)cc(NC(=O)c2ccc(Cc3ccc(C)c(/C(C)=C(/C)CC)c3)cc2)cc1OC. The lowest BCUT2D eigenvalue weighted by Gasteiger charge is -2.22. The number of rotatable bonds is 21. The Bertz CT molecular complexity index is 1720. The number of aryl methyl sites for hydroxylation is 1. The van der Waals surface area contributed by atoms with Gasteiger partial charge in [0.05, 0.1) is 19.8 Å². The van der Waals surface area contributed by atoms with Crippen molar-refractivity contribution in [3.8, 4) is 11.5 Å². The van der Waals surface area contributed by atoms with E-state index in [1.165, 1.54) is 79.6 Å². The molecular formula is C53H80N2O3. The first kappa shape index (κ1) is 51.7. The minimum atomic E-state index is -0.193. The maximum Gasteiger partial charge on any atom is 0.255 e. The Labute approximate surface area is 355 Å². The average Bonchev–Trinajstić information content (AvgIpc) is 3.25. The number of nitrogens with one attached hydrogen (secondary N) is 1. The highest BCUT2D eigenvalue weighted by molar-refractivity contribution is 6.04. The van der Waals surface area contributed by atoms with Crippen LogP contribution >= 0.6 is 0 Å². The molecule has 1 atom stereocenters. The maximum absolute atomic E-state index is 13.2. The molecular weight excluding hydrogens is 713 g/mol. The molecule has 320 valence electrons. The molecule has 58 heavy (non-hydrogen) atoms. The third-order valence-corrected chi connectivity index (χ3v) is 10.5. The summed E-state index contributed by atoms with van der Waals surface area (Å²) in [5.41, 5.74) is 10.8. The first-order chi connectivity index (χ1) is 28.0. The van der Waals surface area contributed by atoms with E-state index in [0.717, 1.165) is 41.9 Å². The van der Waals surface area contributed by atoms with Crippen molar-refractivity contribution in [3.63, 3.8) is 0 Å². The average molecular weight is 793 g/mol. The lowest BCUT2D eigenvalue weighted by molar-refractivity contribution is 0.102. The van der Waals surface area contributed by atoms with Crippen molar-refractivity contribution in [2.45, 2.75) is 134 Å². The van der Waals surface area contributed by atoms with Crippen molar-refractivity contribution in [2.24, 2.45) is 5.92 Å². The van der Waals surface area contributed by atoms with Crippen LogP contribution < -0.4 is 14.8 Å². The summed E-state index contributed by atoms with van der Waals surface area (Å²) in [6.45, 7) is 30.0. The molecule has 0 radical (unpaired) electrons. The van der Waals surface area contributed by atoms with Gasteiger partial charge in [0, 0.05) is 23.4 Å². The van der Waals surface area contributed by atoms with E-state index in [2.05, 4.69) is 96.8 Å². The second kappa shape index (κ2) is 29.8. The van der Waals surface area contributed by atoms with Gasteiger partial charge in [-0.05, 0) is 137 Å². The summed E-state index contributed by atoms with van der Waals surface area (Å²) in [7, 11) is 3.24. The van der Waals surface area contributed by atoms with E-state index >= 15 is 0 Å². The second-order valence-electron chi connectivity index (χ2n) is 14.9. The van der Waals surface area contributed by atoms with Gasteiger partial charge in [-0.2, -0.15) is 0 Å². The van der Waals surface area contributed by atoms with Crippen molar-refractivity contribution in [1.29, 1.82) is 0 Å². The number of carbonyl (C=O) groups is 1. The standard InChI is InChI=1S/C38H45NO3.C13H29N.C2H6/c1-9-12-13-15-31(14-10-2)37-35(41-7)24-33(25-36(37)42-8)39-38(40)32-20-18-29(19-21-32)22-30-17-16-27(5)34(23-30)28(6)26(4)11-3;1-5-8-11-14(10-6-2)12-9-13(4)7-3;1-2/h10,12-21,23-25H,9,11,22H2,1-8H3,(H,39,40);13H,5-12H2,1-4H3;1-2H3/b13-12+,14-10-,28-26-,31-15+;;. The molecule has 0 bridgehead atoms. The molecule has 0 aliphatic heterocycles. The molecule has 3 rings (SSSR count). The zero-order valence-electron chi connectivity index (χ0n) is 39.1. The molecule has 5 heteroatoms. The molecule has 0 saturated heterocycles. The second-order valence-corrected chi connectivity index (χ2v) is 14.9. The normalized spacial score (nSPS) is 12.4. The third-order valence-electron chi connectivity index (χ3n) is 10.5. The molecule has 0 fully saturated rings. The largest absolute Gasteiger partial charge is 0.496 e. The fourth-order valence-corrected chi connectivity index (χ4v) is 6.51. The van der Waals surface area contributed by atoms with Crippen LogP contribution in [0.3, 0.4) is 0 Å². The van der Waals surface area contributed by atoms with Gasteiger partial charge >= 0.3 is 0 Å². The van der Waals surface area contributed by atoms with Gasteiger partial charge in [-0.25, -0.2) is 0 Å². The number of allylic oxidation sites excluding steroid dienone is 8. The molecule has 0 spiro atoms. The highest BCUT2D eigenvalue weighted by atomic mass is 16.5. The van der Waals surface area contributed by atoms with E-state index in [4.69, 9.17) is 9.47 Å². The summed E-state index contributed by atoms with van der Waals surface area (Å²) in [6, 6.07) is 18.2. The maximum atomic E-state index is 13.2. The van der Waals surface area contributed by atoms with Crippen LogP contribution in [0.15, 0.2) is 90.6 Å². The molecule has 0 heterocycles. The lowest BCUT2D eigenvalue weighted by Crippen LogP contribution is -2.27. The number of nitrogens with zero attached hydrogens (tertiary/aromatic N) is 1. The number of amides is 1. The number of unbranched alkanes of at least 4 members (excludes halogenated alkanes) is 1. The molecule has 1 unspecified atom stereocenters. The lowest BCUT2D eigenvalue weighted by atomic mass is 9.93. The van der Waals surface area contributed by atoms with Gasteiger partial charge in [-0.3, -0.25) is 4.79 Å². The Hall–Kier alpha value is -4.35. The predicted molar refractivity (Wildman–Crippen MR) is 256 cm³/mol. The van der Waals surface area contributed by atoms with Gasteiger partial charge in [-0.1, -0.05) is 135 Å². The number of ether oxygens (including phenoxy) is 2. The predicted octanol–water partition coefficient (Wildman–Crippen LogP) is 14.9. The Kier molecular flexibility index (Phi) is 26.5. The van der Waals surface area contributed by atoms with Gasteiger partial charge < -0.3 is 19.7 Å². The van der Waals surface area contributed by atoms with Crippen molar-refractivity contribution < 1.29 is 14.3 Å². The minimum Gasteiger partial charge on any atom is -0.496 e. The van der Waals surface area contributed by atoms with Crippen LogP contribution in [0.1, 0.15) is 159 Å². The van der Waals surface area contributed by atoms with Crippen molar-refractivity contribution in [2.75, 3.05) is 39.2 Å². The molecule has 3 aromatic rings. The van der Waals surface area contributed by atoms with Gasteiger partial charge in [0.1, 0.15) is 11.5 Å². The summed E-state index contributed by atoms with van der Waals surface area (Å²) >= 11 is 0. The van der Waals surface area contributed by atoms with Crippen LogP contribution in [0.25, 0.3) is 11.1 Å². The van der Waals surface area contributed by atoms with E-state index < -0.39 is 0 Å². The number of methoxy groups -OCH3 is 2. The quantitative estimate of drug-likeness (QED) is 0.109. The first-order valence-corrected chi connectivity index (χ1v) is 22.1. The highest BCUT2D eigenvalue weighted by Gasteiger charge is 2.17. The van der Waals surface area contributed by atoms with Crippen molar-refractivity contribution in [3.05, 3.63) is 124 Å². The van der Waals surface area contributed by atoms with Gasteiger partial charge in [0.25, 0.3) is 5.91 Å². The molecule has 1 N–H and O–H groups in total. The number of anilines is 1. The number of hydrogen-bond acceptors (Lipinski definition) is 4. The number of hydrogen-bond donors (Lipinski definition) is 1. The molecule has 0 aliphatic carbocycles. The van der Waals surface area contributed by atoms with E-state index in [1.807, 2.05) is 81.5 Å². The Balaban J connectivity index is 0.000000888. The van der Waals surface area contributed by atoms with Crippen LogP contribution in [-0.2, 0) is 6.42 Å². The molecule has 3 aromatic carbocycles. The zero-order chi connectivity index (χ0) is 43.5. The monoisotopic (exact) mass is 793 g/mol. The van der Waals surface area contributed by atoms with Crippen LogP contribution in [0.5, 0.6) is 11.5 Å². The summed E-state index contributed by atoms with van der Waals surface area (Å²) in [6.07, 6.45) is 19.6. The number of benzene rings is 3. The van der Waals surface area contributed by atoms with Gasteiger partial charge in [0.2, 0.25) is 0 Å². The molecule has 0 aromatic heterocycles. The Morgan fingerprint density at radius 2 is 1.48 bits per heavy atom. The van der Waals surface area contributed by atoms with Crippen molar-refractivity contribution in [1.82, 2.24) is 4.90 Å². The molecule has 0 saturated carbocycles. The van der Waals surface area contributed by atoms with Crippen LogP contribution in [0, 0.1) is 12.8 Å². The fraction of sp³-hybridized carbons (Fsp3) is 0.491. The van der Waals surface area contributed by atoms with Crippen LogP contribution in [0.4, 0.5) is 5.69 Å². The van der Waals surface area contributed by atoms with Gasteiger partial charge in [0.15, 0.2) is 0 Å². The van der Waals surface area contributed by atoms with Crippen molar-refractivity contribution >= 4 is 22.7 Å². The minimum absolute atomic E-state index is 0.193. The van der Waals surface area contributed by atoms with Crippen LogP contribution in [0.2, 0.25) is 0 Å². The summed E-state index contributed by atoms with van der Waals surface area (Å²) < 4.78 is 11.5. The third kappa shape index (κ3) is 17.6. The Morgan fingerprint density at radius 3 is 2.02 bits per heavy atom. The fourth-order valence-electron chi connectivity index (χ4n) is 6.51. The number of carbonyl (C=O) groups excluding carboxylic acids is 1. The molecule has 5 nitrogen and oxygen atoms in total. The van der Waals surface area contributed by atoms with E-state index in [0.29, 0.717) is 22.7 Å². The van der Waals surface area contributed by atoms with E-state index in [1.54, 1.807) is 14.2 Å². The van der Waals surface area contributed by atoms with Gasteiger partial charge in [-0.15, -0.1) is 0 Å². The zero-order valence-corrected chi connectivity index (χ0v) is 39.1. The van der Waals surface area contributed by atoms with E-state index in [9.17, 15) is 4.79 Å². The highest BCUT2D eigenvalue weighted by Crippen LogP contribution is 2.39. The topological polar surface area (TPSA) is 50.8 Å². The summed E-state index contributed by atoms with van der Waals surface area (Å²) in [5, 5.41) is 3.01. The summed E-state index contributed by atoms with van der Waals surface area (Å²) in [4.78, 5) is 15.8. The Morgan fingerprint density at radius 1 is 0.845 bits per heavy atom. The smallest absolute Gasteiger partial charge is 0.255 e. The summed E-state index contributed by atoms with van der Waals surface area (Å²) in [5.74, 6) is 1.94. The molecule has 1 amide bonds. The molecule has 0 aliphatic rings. The van der Waals surface area contributed by atoms with E-state index in [-0.39, 0.29) is 5.91 Å². The first-order valence-electron chi connectivity index (χ1n) is 22.1.